The average molecular weight is 339 g/mol. The minimum Gasteiger partial charge on any atom is -0.388 e. The number of amides is 1. The van der Waals surface area contributed by atoms with Crippen LogP contribution in [0.15, 0.2) is 42.5 Å². The van der Waals surface area contributed by atoms with E-state index in [9.17, 15) is 14.3 Å². The second-order valence-corrected chi connectivity index (χ2v) is 6.66. The molecule has 0 saturated heterocycles. The lowest BCUT2D eigenvalue weighted by Gasteiger charge is -2.43. The number of fused-ring (bicyclic) bond motifs is 1. The molecule has 1 aliphatic rings. The van der Waals surface area contributed by atoms with E-state index in [-0.39, 0.29) is 0 Å². The van der Waals surface area contributed by atoms with Crippen molar-refractivity contribution in [2.75, 3.05) is 5.32 Å². The Morgan fingerprint density at radius 2 is 1.96 bits per heavy atom. The summed E-state index contributed by atoms with van der Waals surface area (Å²) in [5, 5.41) is 25.9. The molecule has 0 aromatic heterocycles. The Morgan fingerprint density at radius 3 is 2.60 bits per heavy atom. The van der Waals surface area contributed by atoms with Crippen molar-refractivity contribution in [3.8, 4) is 6.07 Å². The summed E-state index contributed by atoms with van der Waals surface area (Å²) in [5.74, 6) is -0.848. The molecule has 128 valence electrons. The van der Waals surface area contributed by atoms with Gasteiger partial charge in [-0.2, -0.15) is 5.26 Å². The monoisotopic (exact) mass is 339 g/mol. The molecule has 0 bridgehead atoms. The van der Waals surface area contributed by atoms with Crippen molar-refractivity contribution in [3.05, 3.63) is 65.0 Å². The van der Waals surface area contributed by atoms with Crippen molar-refractivity contribution in [2.45, 2.75) is 31.5 Å². The molecular formula is C19H18FN3O2. The van der Waals surface area contributed by atoms with Crippen LogP contribution in [0.5, 0.6) is 0 Å². The molecule has 2 aromatic carbocycles. The first kappa shape index (κ1) is 16.9. The van der Waals surface area contributed by atoms with Gasteiger partial charge in [0.1, 0.15) is 11.9 Å². The Bertz CT molecular complexity index is 856. The van der Waals surface area contributed by atoms with Crippen molar-refractivity contribution >= 4 is 11.6 Å². The zero-order valence-electron chi connectivity index (χ0n) is 13.9. The van der Waals surface area contributed by atoms with Gasteiger partial charge in [0.2, 0.25) is 0 Å². The third kappa shape index (κ3) is 3.19. The van der Waals surface area contributed by atoms with Gasteiger partial charge in [-0.15, -0.1) is 0 Å². The van der Waals surface area contributed by atoms with Gasteiger partial charge < -0.3 is 15.7 Å². The number of nitrogens with zero attached hydrogens (tertiary/aromatic N) is 1. The highest BCUT2D eigenvalue weighted by Crippen LogP contribution is 2.38. The maximum absolute atomic E-state index is 13.0. The molecule has 3 rings (SSSR count). The van der Waals surface area contributed by atoms with Gasteiger partial charge >= 0.3 is 0 Å². The predicted molar refractivity (Wildman–Crippen MR) is 91.5 cm³/mol. The molecule has 0 spiro atoms. The molecule has 0 fully saturated rings. The lowest BCUT2D eigenvalue weighted by molar-refractivity contribution is 0.0599. The molecule has 2 aromatic rings. The molecule has 0 aliphatic carbocycles. The fourth-order valence-corrected chi connectivity index (χ4v) is 2.99. The third-order valence-electron chi connectivity index (χ3n) is 4.42. The number of nitrogens with one attached hydrogen (secondary N) is 2. The van der Waals surface area contributed by atoms with Crippen molar-refractivity contribution in [3.63, 3.8) is 0 Å². The highest BCUT2D eigenvalue weighted by atomic mass is 19.1. The number of hydrogen-bond donors (Lipinski definition) is 3. The van der Waals surface area contributed by atoms with E-state index in [4.69, 9.17) is 5.26 Å². The van der Waals surface area contributed by atoms with E-state index < -0.39 is 29.4 Å². The minimum absolute atomic E-state index is 0.294. The fourth-order valence-electron chi connectivity index (χ4n) is 2.99. The van der Waals surface area contributed by atoms with Crippen LogP contribution in [0.25, 0.3) is 0 Å². The summed E-state index contributed by atoms with van der Waals surface area (Å²) in [4.78, 5) is 12.5. The molecule has 0 radical (unpaired) electrons. The summed E-state index contributed by atoms with van der Waals surface area (Å²) in [7, 11) is 0. The Morgan fingerprint density at radius 1 is 1.28 bits per heavy atom. The highest BCUT2D eigenvalue weighted by Gasteiger charge is 2.41. The highest BCUT2D eigenvalue weighted by molar-refractivity contribution is 5.94. The number of anilines is 1. The van der Waals surface area contributed by atoms with Crippen LogP contribution >= 0.6 is 0 Å². The molecule has 3 N–H and O–H groups in total. The lowest BCUT2D eigenvalue weighted by Crippen LogP contribution is -2.54. The zero-order valence-corrected chi connectivity index (χ0v) is 13.9. The molecule has 0 saturated carbocycles. The number of hydrogen-bond acceptors (Lipinski definition) is 4. The number of halogens is 1. The average Bonchev–Trinajstić information content (AvgIpc) is 2.59. The van der Waals surface area contributed by atoms with Crippen LogP contribution in [0.4, 0.5) is 10.1 Å². The van der Waals surface area contributed by atoms with Crippen molar-refractivity contribution in [1.29, 1.82) is 5.26 Å². The topological polar surface area (TPSA) is 85.2 Å². The summed E-state index contributed by atoms with van der Waals surface area (Å²) in [6.45, 7) is 3.66. The van der Waals surface area contributed by atoms with Crippen LogP contribution in [0, 0.1) is 17.1 Å². The first-order chi connectivity index (χ1) is 11.8. The molecule has 6 heteroatoms. The van der Waals surface area contributed by atoms with E-state index in [1.54, 1.807) is 18.2 Å². The molecule has 2 atom stereocenters. The fraction of sp³-hybridized carbons (Fsp3) is 0.263. The number of benzene rings is 2. The SMILES string of the molecule is CC1(C)Nc2ccc(C#N)cc2[C@H](NC(=O)c2ccc(F)cc2)[C@H]1O. The standard InChI is InChI=1S/C19H18FN3O2/c1-19(2)17(24)16(14-9-11(10-21)3-8-15(14)23-19)22-18(25)12-4-6-13(20)7-5-12/h3-9,16-17,23-24H,1-2H3,(H,22,25)/t16-,17+/m0/s1. The van der Waals surface area contributed by atoms with Gasteiger partial charge in [0, 0.05) is 16.8 Å². The van der Waals surface area contributed by atoms with Gasteiger partial charge in [-0.1, -0.05) is 0 Å². The summed E-state index contributed by atoms with van der Waals surface area (Å²) in [6, 6.07) is 11.6. The summed E-state index contributed by atoms with van der Waals surface area (Å²) in [5.41, 5.74) is 1.44. The van der Waals surface area contributed by atoms with Gasteiger partial charge in [0.25, 0.3) is 5.91 Å². The van der Waals surface area contributed by atoms with E-state index in [2.05, 4.69) is 16.7 Å². The number of nitriles is 1. The smallest absolute Gasteiger partial charge is 0.251 e. The van der Waals surface area contributed by atoms with Gasteiger partial charge in [0.15, 0.2) is 0 Å². The number of carbonyl (C=O) groups excluding carboxylic acids is 1. The lowest BCUT2D eigenvalue weighted by atomic mass is 9.82. The molecule has 1 aliphatic heterocycles. The molecule has 0 unspecified atom stereocenters. The summed E-state index contributed by atoms with van der Waals surface area (Å²) in [6.07, 6.45) is -0.918. The van der Waals surface area contributed by atoms with Gasteiger partial charge in [-0.25, -0.2) is 4.39 Å². The van der Waals surface area contributed by atoms with Crippen LogP contribution in [-0.4, -0.2) is 22.7 Å². The Hall–Kier alpha value is -2.91. The Labute approximate surface area is 145 Å². The van der Waals surface area contributed by atoms with Gasteiger partial charge in [-0.05, 0) is 56.3 Å². The van der Waals surface area contributed by atoms with Crippen LogP contribution in [0.1, 0.15) is 41.4 Å². The van der Waals surface area contributed by atoms with E-state index in [1.807, 2.05) is 13.8 Å². The number of rotatable bonds is 2. The molecule has 1 heterocycles. The normalized spacial score (nSPS) is 20.8. The summed E-state index contributed by atoms with van der Waals surface area (Å²) >= 11 is 0. The maximum Gasteiger partial charge on any atom is 0.251 e. The molecule has 5 nitrogen and oxygen atoms in total. The zero-order chi connectivity index (χ0) is 18.2. The number of aliphatic hydroxyl groups is 1. The van der Waals surface area contributed by atoms with E-state index in [1.165, 1.54) is 24.3 Å². The molecule has 25 heavy (non-hydrogen) atoms. The Balaban J connectivity index is 1.97. The van der Waals surface area contributed by atoms with Crippen LogP contribution in [-0.2, 0) is 0 Å². The molecule has 1 amide bonds. The predicted octanol–water partition coefficient (Wildman–Crippen LogP) is 2.73. The van der Waals surface area contributed by atoms with E-state index >= 15 is 0 Å². The quantitative estimate of drug-likeness (QED) is 0.785. The van der Waals surface area contributed by atoms with Gasteiger partial charge in [-0.3, -0.25) is 4.79 Å². The van der Waals surface area contributed by atoms with Crippen molar-refractivity contribution in [2.24, 2.45) is 0 Å². The second-order valence-electron chi connectivity index (χ2n) is 6.66. The summed E-state index contributed by atoms with van der Waals surface area (Å²) < 4.78 is 13.0. The first-order valence-electron chi connectivity index (χ1n) is 7.88. The Kier molecular flexibility index (Phi) is 4.19. The van der Waals surface area contributed by atoms with Gasteiger partial charge in [0.05, 0.1) is 23.2 Å². The first-order valence-corrected chi connectivity index (χ1v) is 7.88. The maximum atomic E-state index is 13.0. The van der Waals surface area contributed by atoms with E-state index in [0.717, 1.165) is 5.69 Å². The number of aliphatic hydroxyl groups excluding tert-OH is 1. The second kappa shape index (κ2) is 6.19. The molecular weight excluding hydrogens is 321 g/mol. The third-order valence-corrected chi connectivity index (χ3v) is 4.42. The van der Waals surface area contributed by atoms with E-state index in [0.29, 0.717) is 16.7 Å². The van der Waals surface area contributed by atoms with Crippen molar-refractivity contribution in [1.82, 2.24) is 5.32 Å². The van der Waals surface area contributed by atoms with Crippen LogP contribution in [0.2, 0.25) is 0 Å². The van der Waals surface area contributed by atoms with Crippen LogP contribution in [0.3, 0.4) is 0 Å². The largest absolute Gasteiger partial charge is 0.388 e. The number of carbonyl (C=O) groups is 1. The van der Waals surface area contributed by atoms with Crippen LogP contribution < -0.4 is 10.6 Å². The minimum atomic E-state index is -0.918. The van der Waals surface area contributed by atoms with Crippen molar-refractivity contribution < 1.29 is 14.3 Å².